The van der Waals surface area contributed by atoms with Crippen LogP contribution in [0.15, 0.2) is 42.5 Å². The Balaban J connectivity index is 1.88. The van der Waals surface area contributed by atoms with Gasteiger partial charge in [0.15, 0.2) is 5.79 Å². The maximum atomic E-state index is 11.5. The SMILES string of the molecule is CCOc1ccc(Cc2cc(C3(O)OC(C)C(C)C(C)C3C)ccc2Cl)cc1. The highest BCUT2D eigenvalue weighted by Gasteiger charge is 2.48. The van der Waals surface area contributed by atoms with Crippen LogP contribution in [0, 0.1) is 17.8 Å². The van der Waals surface area contributed by atoms with Gasteiger partial charge in [-0.05, 0) is 67.5 Å². The summed E-state index contributed by atoms with van der Waals surface area (Å²) in [6.07, 6.45) is 0.673. The lowest BCUT2D eigenvalue weighted by Crippen LogP contribution is -2.51. The monoisotopic (exact) mass is 402 g/mol. The van der Waals surface area contributed by atoms with Crippen molar-refractivity contribution in [3.8, 4) is 5.75 Å². The van der Waals surface area contributed by atoms with Gasteiger partial charge in [0.25, 0.3) is 0 Å². The van der Waals surface area contributed by atoms with E-state index in [4.69, 9.17) is 21.1 Å². The highest BCUT2D eigenvalue weighted by Crippen LogP contribution is 2.46. The second-order valence-electron chi connectivity index (χ2n) is 8.09. The third-order valence-corrected chi connectivity index (χ3v) is 6.80. The fraction of sp³-hybridized carbons (Fsp3) is 0.500. The van der Waals surface area contributed by atoms with E-state index < -0.39 is 5.79 Å². The van der Waals surface area contributed by atoms with Crippen molar-refractivity contribution in [1.82, 2.24) is 0 Å². The maximum absolute atomic E-state index is 11.5. The Bertz CT molecular complexity index is 804. The quantitative estimate of drug-likeness (QED) is 0.686. The van der Waals surface area contributed by atoms with Crippen LogP contribution in [0.25, 0.3) is 0 Å². The zero-order chi connectivity index (χ0) is 20.5. The molecule has 2 aromatic rings. The number of aliphatic hydroxyl groups is 1. The van der Waals surface area contributed by atoms with Crippen molar-refractivity contribution < 1.29 is 14.6 Å². The second-order valence-corrected chi connectivity index (χ2v) is 8.49. The molecule has 5 unspecified atom stereocenters. The number of hydrogen-bond donors (Lipinski definition) is 1. The molecule has 0 amide bonds. The van der Waals surface area contributed by atoms with Crippen molar-refractivity contribution >= 4 is 11.6 Å². The van der Waals surface area contributed by atoms with Crippen LogP contribution in [-0.2, 0) is 16.9 Å². The summed E-state index contributed by atoms with van der Waals surface area (Å²) < 4.78 is 11.6. The van der Waals surface area contributed by atoms with E-state index in [1.54, 1.807) is 0 Å². The lowest BCUT2D eigenvalue weighted by atomic mass is 9.73. The van der Waals surface area contributed by atoms with E-state index in [0.717, 1.165) is 22.4 Å². The van der Waals surface area contributed by atoms with Gasteiger partial charge >= 0.3 is 0 Å². The fourth-order valence-corrected chi connectivity index (χ4v) is 4.28. The van der Waals surface area contributed by atoms with Crippen molar-refractivity contribution in [2.45, 2.75) is 52.9 Å². The van der Waals surface area contributed by atoms with E-state index in [2.05, 4.69) is 20.8 Å². The Morgan fingerprint density at radius 2 is 1.71 bits per heavy atom. The predicted molar refractivity (Wildman–Crippen MR) is 114 cm³/mol. The zero-order valence-corrected chi connectivity index (χ0v) is 18.2. The van der Waals surface area contributed by atoms with Crippen molar-refractivity contribution in [2.24, 2.45) is 17.8 Å². The van der Waals surface area contributed by atoms with Gasteiger partial charge in [0, 0.05) is 16.5 Å². The average Bonchev–Trinajstić information content (AvgIpc) is 2.68. The Morgan fingerprint density at radius 3 is 2.36 bits per heavy atom. The molecule has 1 heterocycles. The molecular formula is C24H31ClO3. The van der Waals surface area contributed by atoms with Gasteiger partial charge in [-0.1, -0.05) is 50.6 Å². The molecule has 1 saturated heterocycles. The van der Waals surface area contributed by atoms with Crippen LogP contribution in [0.4, 0.5) is 0 Å². The molecule has 1 aliphatic heterocycles. The average molecular weight is 403 g/mol. The largest absolute Gasteiger partial charge is 0.494 e. The number of benzene rings is 2. The van der Waals surface area contributed by atoms with Gasteiger partial charge in [0.2, 0.25) is 0 Å². The summed E-state index contributed by atoms with van der Waals surface area (Å²) >= 11 is 6.48. The molecule has 5 atom stereocenters. The third-order valence-electron chi connectivity index (χ3n) is 6.43. The third kappa shape index (κ3) is 4.07. The number of rotatable bonds is 5. The minimum absolute atomic E-state index is 0.0126. The first-order valence-corrected chi connectivity index (χ1v) is 10.5. The topological polar surface area (TPSA) is 38.7 Å². The van der Waals surface area contributed by atoms with E-state index in [9.17, 15) is 5.11 Å². The van der Waals surface area contributed by atoms with Crippen LogP contribution >= 0.6 is 11.6 Å². The van der Waals surface area contributed by atoms with Crippen LogP contribution in [-0.4, -0.2) is 17.8 Å². The van der Waals surface area contributed by atoms with E-state index in [1.807, 2.05) is 56.3 Å². The van der Waals surface area contributed by atoms with Gasteiger partial charge in [0.1, 0.15) is 5.75 Å². The van der Waals surface area contributed by atoms with Gasteiger partial charge in [-0.2, -0.15) is 0 Å². The molecule has 28 heavy (non-hydrogen) atoms. The molecule has 0 saturated carbocycles. The summed E-state index contributed by atoms with van der Waals surface area (Å²) in [4.78, 5) is 0. The summed E-state index contributed by atoms with van der Waals surface area (Å²) in [5, 5.41) is 12.2. The molecule has 0 bridgehead atoms. The van der Waals surface area contributed by atoms with Crippen molar-refractivity contribution in [3.05, 3.63) is 64.2 Å². The van der Waals surface area contributed by atoms with Crippen molar-refractivity contribution in [2.75, 3.05) is 6.61 Å². The Morgan fingerprint density at radius 1 is 1.04 bits per heavy atom. The van der Waals surface area contributed by atoms with Gasteiger partial charge < -0.3 is 14.6 Å². The number of halogens is 1. The Labute approximate surface area is 173 Å². The van der Waals surface area contributed by atoms with Crippen LogP contribution in [0.5, 0.6) is 5.75 Å². The van der Waals surface area contributed by atoms with Gasteiger partial charge in [0.05, 0.1) is 12.7 Å². The van der Waals surface area contributed by atoms with Crippen LogP contribution < -0.4 is 4.74 Å². The lowest BCUT2D eigenvalue weighted by molar-refractivity contribution is -0.312. The van der Waals surface area contributed by atoms with Crippen molar-refractivity contribution in [3.63, 3.8) is 0 Å². The highest BCUT2D eigenvalue weighted by atomic mass is 35.5. The van der Waals surface area contributed by atoms with E-state index in [1.165, 1.54) is 0 Å². The first-order valence-electron chi connectivity index (χ1n) is 10.2. The first kappa shape index (κ1) is 21.2. The molecule has 152 valence electrons. The smallest absolute Gasteiger partial charge is 0.195 e. The molecule has 0 aliphatic carbocycles. The van der Waals surface area contributed by atoms with Crippen LogP contribution in [0.2, 0.25) is 5.02 Å². The second kappa shape index (κ2) is 8.44. The number of hydrogen-bond acceptors (Lipinski definition) is 3. The summed E-state index contributed by atoms with van der Waals surface area (Å²) in [5.74, 6) is 0.286. The Hall–Kier alpha value is -1.55. The molecule has 1 fully saturated rings. The van der Waals surface area contributed by atoms with E-state index in [0.29, 0.717) is 29.9 Å². The molecule has 3 nitrogen and oxygen atoms in total. The summed E-state index contributed by atoms with van der Waals surface area (Å²) in [5.41, 5.74) is 2.89. The number of ether oxygens (including phenoxy) is 2. The molecule has 1 aliphatic rings. The van der Waals surface area contributed by atoms with Crippen molar-refractivity contribution in [1.29, 1.82) is 0 Å². The molecule has 2 aromatic carbocycles. The molecular weight excluding hydrogens is 372 g/mol. The maximum Gasteiger partial charge on any atom is 0.195 e. The van der Waals surface area contributed by atoms with Crippen LogP contribution in [0.1, 0.15) is 51.3 Å². The Kier molecular flexibility index (Phi) is 6.38. The van der Waals surface area contributed by atoms with E-state index >= 15 is 0 Å². The zero-order valence-electron chi connectivity index (χ0n) is 17.4. The lowest BCUT2D eigenvalue weighted by Gasteiger charge is -2.48. The molecule has 0 radical (unpaired) electrons. The molecule has 0 spiro atoms. The predicted octanol–water partition coefficient (Wildman–Crippen LogP) is 5.80. The molecule has 0 aromatic heterocycles. The fourth-order valence-electron chi connectivity index (χ4n) is 4.09. The summed E-state index contributed by atoms with van der Waals surface area (Å²) in [6.45, 7) is 11.1. The normalized spacial score (nSPS) is 30.2. The van der Waals surface area contributed by atoms with Crippen LogP contribution in [0.3, 0.4) is 0 Å². The minimum Gasteiger partial charge on any atom is -0.494 e. The van der Waals surface area contributed by atoms with Gasteiger partial charge in [-0.25, -0.2) is 0 Å². The summed E-state index contributed by atoms with van der Waals surface area (Å²) in [7, 11) is 0. The molecule has 1 N–H and O–H groups in total. The standard InChI is InChI=1S/C24H31ClO3/c1-6-27-22-10-7-19(8-11-22)13-20-14-21(9-12-23(20)25)24(26)17(4)15(2)16(3)18(5)28-24/h7-12,14-18,26H,6,13H2,1-5H3. The molecule has 4 heteroatoms. The minimum atomic E-state index is -1.30. The van der Waals surface area contributed by atoms with Gasteiger partial charge in [-0.15, -0.1) is 0 Å². The molecule has 3 rings (SSSR count). The first-order chi connectivity index (χ1) is 13.3. The summed E-state index contributed by atoms with van der Waals surface area (Å²) in [6, 6.07) is 13.8. The van der Waals surface area contributed by atoms with E-state index in [-0.39, 0.29) is 12.0 Å². The highest BCUT2D eigenvalue weighted by molar-refractivity contribution is 6.31. The van der Waals surface area contributed by atoms with Gasteiger partial charge in [-0.3, -0.25) is 0 Å².